The van der Waals surface area contributed by atoms with Gasteiger partial charge in [-0.15, -0.1) is 16.4 Å². The highest BCUT2D eigenvalue weighted by atomic mass is 32.1. The van der Waals surface area contributed by atoms with Crippen LogP contribution in [0.5, 0.6) is 6.08 Å². The van der Waals surface area contributed by atoms with Crippen LogP contribution in [0.1, 0.15) is 23.8 Å². The van der Waals surface area contributed by atoms with Crippen molar-refractivity contribution in [1.29, 1.82) is 0 Å². The average Bonchev–Trinajstić information content (AvgIpc) is 3.41. The molecule has 25 heavy (non-hydrogen) atoms. The Kier molecular flexibility index (Phi) is 4.47. The summed E-state index contributed by atoms with van der Waals surface area (Å²) < 4.78 is 10.9. The van der Waals surface area contributed by atoms with E-state index in [9.17, 15) is 4.79 Å². The quantitative estimate of drug-likeness (QED) is 0.700. The zero-order valence-electron chi connectivity index (χ0n) is 13.5. The summed E-state index contributed by atoms with van der Waals surface area (Å²) in [7, 11) is 0. The average molecular weight is 355 g/mol. The number of ether oxygens (including phenoxy) is 1. The number of rotatable bonds is 5. The summed E-state index contributed by atoms with van der Waals surface area (Å²) in [4.78, 5) is 15.6. The molecule has 7 heteroatoms. The van der Waals surface area contributed by atoms with Crippen molar-refractivity contribution in [2.24, 2.45) is 0 Å². The number of benzene rings is 1. The van der Waals surface area contributed by atoms with E-state index in [1.165, 1.54) is 4.88 Å². The summed E-state index contributed by atoms with van der Waals surface area (Å²) in [6.45, 7) is 0.655. The summed E-state index contributed by atoms with van der Waals surface area (Å²) >= 11 is 1.68. The fourth-order valence-corrected chi connectivity index (χ4v) is 3.89. The van der Waals surface area contributed by atoms with E-state index in [0.29, 0.717) is 5.89 Å². The van der Waals surface area contributed by atoms with E-state index >= 15 is 0 Å². The minimum atomic E-state index is -0.0989. The molecule has 0 radical (unpaired) electrons. The van der Waals surface area contributed by atoms with Gasteiger partial charge >= 0.3 is 6.08 Å². The van der Waals surface area contributed by atoms with E-state index in [0.717, 1.165) is 24.9 Å². The molecule has 128 valence electrons. The lowest BCUT2D eigenvalue weighted by Crippen LogP contribution is -2.34. The molecule has 1 atom stereocenters. The molecule has 0 N–H and O–H groups in total. The molecule has 1 saturated heterocycles. The topological polar surface area (TPSA) is 68.5 Å². The Morgan fingerprint density at radius 1 is 1.24 bits per heavy atom. The standard InChI is InChI=1S/C18H17N3O3S/c22-16(21-10-4-8-14(21)15-9-5-11-25-15)12-23-18-20-19-17(24-18)13-6-2-1-3-7-13/h1-3,5-7,9,11,14H,4,8,10,12H2. The first-order chi connectivity index (χ1) is 12.3. The second-order valence-corrected chi connectivity index (χ2v) is 6.77. The molecule has 1 amide bonds. The molecule has 1 fully saturated rings. The van der Waals surface area contributed by atoms with Crippen LogP contribution in [-0.4, -0.2) is 34.2 Å². The highest BCUT2D eigenvalue weighted by Gasteiger charge is 2.30. The third-order valence-corrected chi connectivity index (χ3v) is 5.16. The number of hydrogen-bond donors (Lipinski definition) is 0. The molecule has 4 rings (SSSR count). The summed E-state index contributed by atoms with van der Waals surface area (Å²) in [6.07, 6.45) is 2.01. The van der Waals surface area contributed by atoms with Crippen LogP contribution in [0.25, 0.3) is 11.5 Å². The molecule has 1 aliphatic heterocycles. The molecule has 0 saturated carbocycles. The van der Waals surface area contributed by atoms with Crippen LogP contribution in [0.2, 0.25) is 0 Å². The third-order valence-electron chi connectivity index (χ3n) is 4.19. The van der Waals surface area contributed by atoms with Gasteiger partial charge in [-0.1, -0.05) is 29.4 Å². The molecule has 3 heterocycles. The molecule has 0 aliphatic carbocycles. The van der Waals surface area contributed by atoms with Gasteiger partial charge in [-0.05, 0) is 36.4 Å². The largest absolute Gasteiger partial charge is 0.439 e. The Bertz CT molecular complexity index is 832. The van der Waals surface area contributed by atoms with Gasteiger partial charge in [-0.3, -0.25) is 4.79 Å². The molecule has 0 spiro atoms. The summed E-state index contributed by atoms with van der Waals surface area (Å²) in [5, 5.41) is 9.84. The lowest BCUT2D eigenvalue weighted by Gasteiger charge is -2.23. The second-order valence-electron chi connectivity index (χ2n) is 5.79. The fraction of sp³-hybridized carbons (Fsp3) is 0.278. The number of aromatic nitrogens is 2. The van der Waals surface area contributed by atoms with Crippen LogP contribution < -0.4 is 4.74 Å². The predicted octanol–water partition coefficient (Wildman–Crippen LogP) is 3.54. The summed E-state index contributed by atoms with van der Waals surface area (Å²) in [6, 6.07) is 13.7. The lowest BCUT2D eigenvalue weighted by atomic mass is 10.2. The number of thiophene rings is 1. The number of carbonyl (C=O) groups excluding carboxylic acids is 1. The number of hydrogen-bond acceptors (Lipinski definition) is 6. The maximum Gasteiger partial charge on any atom is 0.415 e. The smallest absolute Gasteiger partial charge is 0.415 e. The first-order valence-electron chi connectivity index (χ1n) is 8.16. The van der Waals surface area contributed by atoms with Crippen LogP contribution in [0.3, 0.4) is 0 Å². The summed E-state index contributed by atoms with van der Waals surface area (Å²) in [5.41, 5.74) is 0.813. The van der Waals surface area contributed by atoms with E-state index in [-0.39, 0.29) is 24.6 Å². The van der Waals surface area contributed by atoms with E-state index in [2.05, 4.69) is 16.3 Å². The second kappa shape index (κ2) is 7.06. The number of amides is 1. The van der Waals surface area contributed by atoms with Crippen molar-refractivity contribution in [2.75, 3.05) is 13.2 Å². The minimum Gasteiger partial charge on any atom is -0.439 e. The van der Waals surface area contributed by atoms with Gasteiger partial charge in [0.05, 0.1) is 6.04 Å². The van der Waals surface area contributed by atoms with Crippen LogP contribution in [0.4, 0.5) is 0 Å². The van der Waals surface area contributed by atoms with Gasteiger partial charge in [-0.2, -0.15) is 0 Å². The Hall–Kier alpha value is -2.67. The minimum absolute atomic E-state index is 0.0130. The first-order valence-corrected chi connectivity index (χ1v) is 9.04. The Labute approximate surface area is 149 Å². The predicted molar refractivity (Wildman–Crippen MR) is 93.2 cm³/mol. The highest BCUT2D eigenvalue weighted by Crippen LogP contribution is 2.34. The molecule has 3 aromatic rings. The molecule has 2 aromatic heterocycles. The summed E-state index contributed by atoms with van der Waals surface area (Å²) in [5.74, 6) is 0.316. The SMILES string of the molecule is O=C(COc1nnc(-c2ccccc2)o1)N1CCCC1c1cccs1. The van der Waals surface area contributed by atoms with Gasteiger partial charge in [0.2, 0.25) is 0 Å². The zero-order valence-corrected chi connectivity index (χ0v) is 14.3. The molecule has 0 bridgehead atoms. The van der Waals surface area contributed by atoms with Crippen LogP contribution >= 0.6 is 11.3 Å². The van der Waals surface area contributed by atoms with Crippen molar-refractivity contribution in [1.82, 2.24) is 15.1 Å². The van der Waals surface area contributed by atoms with Crippen molar-refractivity contribution in [3.8, 4) is 17.5 Å². The normalized spacial score (nSPS) is 17.0. The Morgan fingerprint density at radius 3 is 2.92 bits per heavy atom. The van der Waals surface area contributed by atoms with Crippen molar-refractivity contribution in [3.05, 3.63) is 52.7 Å². The maximum atomic E-state index is 12.5. The molecule has 1 aliphatic rings. The Balaban J connectivity index is 1.38. The zero-order chi connectivity index (χ0) is 17.1. The van der Waals surface area contributed by atoms with E-state index in [4.69, 9.17) is 9.15 Å². The van der Waals surface area contributed by atoms with Gasteiger partial charge < -0.3 is 14.1 Å². The van der Waals surface area contributed by atoms with Crippen LogP contribution in [0, 0.1) is 0 Å². The Morgan fingerprint density at radius 2 is 2.12 bits per heavy atom. The van der Waals surface area contributed by atoms with Gasteiger partial charge in [0.25, 0.3) is 11.8 Å². The number of nitrogens with zero attached hydrogens (tertiary/aromatic N) is 3. The fourth-order valence-electron chi connectivity index (χ4n) is 3.01. The molecular formula is C18H17N3O3S. The first kappa shape index (κ1) is 15.8. The van der Waals surface area contributed by atoms with E-state index in [1.807, 2.05) is 46.7 Å². The molecule has 6 nitrogen and oxygen atoms in total. The van der Waals surface area contributed by atoms with Crippen LogP contribution in [-0.2, 0) is 4.79 Å². The van der Waals surface area contributed by atoms with Crippen LogP contribution in [0.15, 0.2) is 52.3 Å². The lowest BCUT2D eigenvalue weighted by molar-refractivity contribution is -0.134. The van der Waals surface area contributed by atoms with Crippen molar-refractivity contribution < 1.29 is 13.9 Å². The van der Waals surface area contributed by atoms with Gasteiger partial charge in [0.1, 0.15) is 0 Å². The molecular weight excluding hydrogens is 338 g/mol. The number of carbonyl (C=O) groups is 1. The molecule has 1 unspecified atom stereocenters. The van der Waals surface area contributed by atoms with Crippen molar-refractivity contribution in [3.63, 3.8) is 0 Å². The maximum absolute atomic E-state index is 12.5. The van der Waals surface area contributed by atoms with Gasteiger partial charge in [0.15, 0.2) is 6.61 Å². The highest BCUT2D eigenvalue weighted by molar-refractivity contribution is 7.10. The monoisotopic (exact) mass is 355 g/mol. The molecule has 1 aromatic carbocycles. The van der Waals surface area contributed by atoms with Crippen molar-refractivity contribution in [2.45, 2.75) is 18.9 Å². The van der Waals surface area contributed by atoms with Crippen molar-refractivity contribution >= 4 is 17.2 Å². The number of likely N-dealkylation sites (tertiary alicyclic amines) is 1. The van der Waals surface area contributed by atoms with E-state index < -0.39 is 0 Å². The van der Waals surface area contributed by atoms with E-state index in [1.54, 1.807) is 11.3 Å². The third kappa shape index (κ3) is 3.41. The van der Waals surface area contributed by atoms with Gasteiger partial charge in [0, 0.05) is 17.0 Å². The van der Waals surface area contributed by atoms with Gasteiger partial charge in [-0.25, -0.2) is 0 Å².